The first-order valence-corrected chi connectivity index (χ1v) is 8.20. The number of hydrogen-bond donors (Lipinski definition) is 1. The lowest BCUT2D eigenvalue weighted by atomic mass is 10.1. The summed E-state index contributed by atoms with van der Waals surface area (Å²) >= 11 is 0. The average molecular weight is 330 g/mol. The monoisotopic (exact) mass is 330 g/mol. The summed E-state index contributed by atoms with van der Waals surface area (Å²) in [6, 6.07) is 7.53. The van der Waals surface area contributed by atoms with Crippen LogP contribution in [0.4, 0.5) is 0 Å². The van der Waals surface area contributed by atoms with Gasteiger partial charge in [-0.3, -0.25) is 4.79 Å². The van der Waals surface area contributed by atoms with Gasteiger partial charge in [-0.25, -0.2) is 0 Å². The Bertz CT molecular complexity index is 688. The molecule has 0 bridgehead atoms. The lowest BCUT2D eigenvalue weighted by molar-refractivity contribution is 0.0926. The van der Waals surface area contributed by atoms with Crippen molar-refractivity contribution < 1.29 is 18.8 Å². The molecule has 0 saturated heterocycles. The number of carbonyl (C=O) groups excluding carboxylic acids is 1. The molecule has 2 aromatic rings. The first-order valence-electron chi connectivity index (χ1n) is 8.20. The molecule has 1 aliphatic rings. The van der Waals surface area contributed by atoms with Gasteiger partial charge in [-0.15, -0.1) is 0 Å². The fourth-order valence-electron chi connectivity index (χ4n) is 2.89. The molecule has 1 N–H and O–H groups in total. The molecule has 6 nitrogen and oxygen atoms in total. The van der Waals surface area contributed by atoms with Gasteiger partial charge in [0.2, 0.25) is 0 Å². The van der Waals surface area contributed by atoms with Crippen molar-refractivity contribution >= 4 is 5.91 Å². The number of benzene rings is 1. The zero-order valence-electron chi connectivity index (χ0n) is 14.0. The van der Waals surface area contributed by atoms with E-state index in [0.717, 1.165) is 31.4 Å². The molecule has 0 unspecified atom stereocenters. The third-order valence-electron chi connectivity index (χ3n) is 4.33. The first kappa shape index (κ1) is 16.4. The standard InChI is InChI=1S/C18H22N2O4/c1-12-16(11-23-15-9-7-14(22-2)8-10-15)17(20-24-12)18(21)19-13-5-3-4-6-13/h7-10,13H,3-6,11H2,1-2H3,(H,19,21). The van der Waals surface area contributed by atoms with Gasteiger partial charge in [0, 0.05) is 6.04 Å². The van der Waals surface area contributed by atoms with Gasteiger partial charge in [0.05, 0.1) is 12.7 Å². The molecule has 0 spiro atoms. The van der Waals surface area contributed by atoms with Gasteiger partial charge in [-0.2, -0.15) is 0 Å². The number of amides is 1. The predicted octanol–water partition coefficient (Wildman–Crippen LogP) is 3.24. The first-order chi connectivity index (χ1) is 11.7. The molecule has 1 fully saturated rings. The van der Waals surface area contributed by atoms with Crippen molar-refractivity contribution in [3.05, 3.63) is 41.3 Å². The number of nitrogens with zero attached hydrogens (tertiary/aromatic N) is 1. The zero-order chi connectivity index (χ0) is 16.9. The molecular formula is C18H22N2O4. The molecular weight excluding hydrogens is 308 g/mol. The third kappa shape index (κ3) is 3.69. The molecule has 3 rings (SSSR count). The highest BCUT2D eigenvalue weighted by Gasteiger charge is 2.24. The van der Waals surface area contributed by atoms with Gasteiger partial charge in [-0.05, 0) is 44.0 Å². The van der Waals surface area contributed by atoms with Crippen molar-refractivity contribution in [2.24, 2.45) is 0 Å². The van der Waals surface area contributed by atoms with Crippen LogP contribution in [0.1, 0.15) is 47.5 Å². The number of carbonyl (C=O) groups is 1. The fraction of sp³-hybridized carbons (Fsp3) is 0.444. The highest BCUT2D eigenvalue weighted by atomic mass is 16.5. The maximum atomic E-state index is 12.4. The second-order valence-electron chi connectivity index (χ2n) is 5.98. The SMILES string of the molecule is COc1ccc(OCc2c(C(=O)NC3CCCC3)noc2C)cc1. The van der Waals surface area contributed by atoms with Crippen LogP contribution >= 0.6 is 0 Å². The van der Waals surface area contributed by atoms with E-state index >= 15 is 0 Å². The number of rotatable bonds is 6. The van der Waals surface area contributed by atoms with E-state index in [1.807, 2.05) is 24.3 Å². The van der Waals surface area contributed by atoms with E-state index in [0.29, 0.717) is 22.8 Å². The van der Waals surface area contributed by atoms with E-state index in [9.17, 15) is 4.79 Å². The number of ether oxygens (including phenoxy) is 2. The Kier molecular flexibility index (Phi) is 5.03. The van der Waals surface area contributed by atoms with Gasteiger partial charge in [0.1, 0.15) is 23.9 Å². The Morgan fingerprint density at radius 3 is 2.58 bits per heavy atom. The van der Waals surface area contributed by atoms with Crippen LogP contribution in [0.2, 0.25) is 0 Å². The van der Waals surface area contributed by atoms with Gasteiger partial charge < -0.3 is 19.3 Å². The average Bonchev–Trinajstić information content (AvgIpc) is 3.23. The van der Waals surface area contributed by atoms with Crippen LogP contribution in [0, 0.1) is 6.92 Å². The van der Waals surface area contributed by atoms with Gasteiger partial charge >= 0.3 is 0 Å². The summed E-state index contributed by atoms with van der Waals surface area (Å²) in [5.74, 6) is 1.87. The number of methoxy groups -OCH3 is 1. The highest BCUT2D eigenvalue weighted by molar-refractivity contribution is 5.94. The molecule has 1 aliphatic carbocycles. The minimum Gasteiger partial charge on any atom is -0.497 e. The van der Waals surface area contributed by atoms with Crippen molar-refractivity contribution in [3.8, 4) is 11.5 Å². The van der Waals surface area contributed by atoms with Crippen molar-refractivity contribution in [1.82, 2.24) is 10.5 Å². The molecule has 1 heterocycles. The van der Waals surface area contributed by atoms with Crippen molar-refractivity contribution in [2.75, 3.05) is 7.11 Å². The summed E-state index contributed by atoms with van der Waals surface area (Å²) in [7, 11) is 1.62. The molecule has 1 amide bonds. The molecule has 0 radical (unpaired) electrons. The minimum atomic E-state index is -0.188. The molecule has 1 aromatic heterocycles. The van der Waals surface area contributed by atoms with Crippen LogP contribution in [0.3, 0.4) is 0 Å². The number of hydrogen-bond acceptors (Lipinski definition) is 5. The lowest BCUT2D eigenvalue weighted by Crippen LogP contribution is -2.33. The largest absolute Gasteiger partial charge is 0.497 e. The predicted molar refractivity (Wildman–Crippen MR) is 88.3 cm³/mol. The molecule has 1 aromatic carbocycles. The second-order valence-corrected chi connectivity index (χ2v) is 5.98. The smallest absolute Gasteiger partial charge is 0.274 e. The maximum absolute atomic E-state index is 12.4. The molecule has 0 atom stereocenters. The minimum absolute atomic E-state index is 0.188. The number of aromatic nitrogens is 1. The summed E-state index contributed by atoms with van der Waals surface area (Å²) in [5, 5.41) is 6.94. The van der Waals surface area contributed by atoms with Crippen molar-refractivity contribution in [1.29, 1.82) is 0 Å². The van der Waals surface area contributed by atoms with Gasteiger partial charge in [0.25, 0.3) is 5.91 Å². The van der Waals surface area contributed by atoms with E-state index in [1.165, 1.54) is 0 Å². The molecule has 0 aliphatic heterocycles. The van der Waals surface area contributed by atoms with E-state index in [4.69, 9.17) is 14.0 Å². The molecule has 6 heteroatoms. The second kappa shape index (κ2) is 7.38. The summed E-state index contributed by atoms with van der Waals surface area (Å²) in [4.78, 5) is 12.4. The quantitative estimate of drug-likeness (QED) is 0.880. The Morgan fingerprint density at radius 1 is 1.25 bits per heavy atom. The highest BCUT2D eigenvalue weighted by Crippen LogP contribution is 2.22. The topological polar surface area (TPSA) is 73.6 Å². The Labute approximate surface area is 141 Å². The van der Waals surface area contributed by atoms with Gasteiger partial charge in [0.15, 0.2) is 5.69 Å². The lowest BCUT2D eigenvalue weighted by Gasteiger charge is -2.11. The zero-order valence-corrected chi connectivity index (χ0v) is 14.0. The van der Waals surface area contributed by atoms with Crippen LogP contribution in [-0.2, 0) is 6.61 Å². The van der Waals surface area contributed by atoms with Crippen molar-refractivity contribution in [3.63, 3.8) is 0 Å². The Hall–Kier alpha value is -2.50. The third-order valence-corrected chi connectivity index (χ3v) is 4.33. The van der Waals surface area contributed by atoms with Crippen LogP contribution < -0.4 is 14.8 Å². The molecule has 24 heavy (non-hydrogen) atoms. The molecule has 1 saturated carbocycles. The van der Waals surface area contributed by atoms with E-state index in [-0.39, 0.29) is 18.6 Å². The summed E-state index contributed by atoms with van der Waals surface area (Å²) in [6.45, 7) is 2.02. The maximum Gasteiger partial charge on any atom is 0.274 e. The van der Waals surface area contributed by atoms with Crippen LogP contribution in [-0.4, -0.2) is 24.2 Å². The van der Waals surface area contributed by atoms with Crippen LogP contribution in [0.5, 0.6) is 11.5 Å². The van der Waals surface area contributed by atoms with Crippen molar-refractivity contribution in [2.45, 2.75) is 45.3 Å². The summed E-state index contributed by atoms with van der Waals surface area (Å²) < 4.78 is 16.1. The summed E-state index contributed by atoms with van der Waals surface area (Å²) in [6.07, 6.45) is 4.38. The van der Waals surface area contributed by atoms with Crippen LogP contribution in [0.25, 0.3) is 0 Å². The fourth-order valence-corrected chi connectivity index (χ4v) is 2.89. The normalized spacial score (nSPS) is 14.6. The Morgan fingerprint density at radius 2 is 1.92 bits per heavy atom. The van der Waals surface area contributed by atoms with E-state index < -0.39 is 0 Å². The number of aryl methyl sites for hydroxylation is 1. The Balaban J connectivity index is 1.66. The number of nitrogens with one attached hydrogen (secondary N) is 1. The van der Waals surface area contributed by atoms with Crippen LogP contribution in [0.15, 0.2) is 28.8 Å². The van der Waals surface area contributed by atoms with Gasteiger partial charge in [-0.1, -0.05) is 18.0 Å². The van der Waals surface area contributed by atoms with E-state index in [2.05, 4.69) is 10.5 Å². The van der Waals surface area contributed by atoms with E-state index in [1.54, 1.807) is 14.0 Å². The summed E-state index contributed by atoms with van der Waals surface area (Å²) in [5.41, 5.74) is 0.995. The molecule has 128 valence electrons.